The lowest BCUT2D eigenvalue weighted by Crippen LogP contribution is -2.45. The van der Waals surface area contributed by atoms with Crippen LogP contribution >= 0.6 is 11.6 Å². The summed E-state index contributed by atoms with van der Waals surface area (Å²) in [6.07, 6.45) is 3.25. The molecule has 1 N–H and O–H groups in total. The molecule has 7 heteroatoms. The molecule has 128 valence electrons. The Bertz CT molecular complexity index is 732. The van der Waals surface area contributed by atoms with E-state index < -0.39 is 0 Å². The molecular weight excluding hydrogens is 330 g/mol. The van der Waals surface area contributed by atoms with Gasteiger partial charge in [-0.3, -0.25) is 9.48 Å². The maximum absolute atomic E-state index is 12.5. The van der Waals surface area contributed by atoms with Crippen molar-refractivity contribution in [2.75, 3.05) is 13.2 Å². The van der Waals surface area contributed by atoms with Gasteiger partial charge in [-0.05, 0) is 31.5 Å². The van der Waals surface area contributed by atoms with Gasteiger partial charge in [-0.1, -0.05) is 17.7 Å². The average Bonchev–Trinajstić information content (AvgIpc) is 3.20. The topological polar surface area (TPSA) is 65.4 Å². The molecule has 2 atom stereocenters. The predicted octanol–water partition coefficient (Wildman–Crippen LogP) is 2.44. The van der Waals surface area contributed by atoms with E-state index in [-0.39, 0.29) is 18.1 Å². The molecule has 0 radical (unpaired) electrons. The first-order chi connectivity index (χ1) is 11.6. The van der Waals surface area contributed by atoms with Gasteiger partial charge in [0.2, 0.25) is 0 Å². The summed E-state index contributed by atoms with van der Waals surface area (Å²) in [5.74, 6) is 0.494. The quantitative estimate of drug-likeness (QED) is 0.900. The van der Waals surface area contributed by atoms with E-state index in [2.05, 4.69) is 10.4 Å². The molecule has 0 bridgehead atoms. The highest BCUT2D eigenvalue weighted by Crippen LogP contribution is 2.20. The average molecular weight is 350 g/mol. The maximum Gasteiger partial charge on any atom is 0.252 e. The van der Waals surface area contributed by atoms with Crippen LogP contribution in [0.2, 0.25) is 5.02 Å². The molecule has 2 aromatic rings. The van der Waals surface area contributed by atoms with Gasteiger partial charge >= 0.3 is 0 Å². The predicted molar refractivity (Wildman–Crippen MR) is 90.6 cm³/mol. The highest BCUT2D eigenvalue weighted by atomic mass is 35.5. The normalized spacial score (nSPS) is 20.1. The van der Waals surface area contributed by atoms with Crippen LogP contribution in [0, 0.1) is 6.92 Å². The van der Waals surface area contributed by atoms with Gasteiger partial charge in [-0.15, -0.1) is 0 Å². The number of aromatic nitrogens is 2. The summed E-state index contributed by atoms with van der Waals surface area (Å²) in [7, 11) is 0. The molecule has 0 spiro atoms. The number of benzene rings is 1. The Morgan fingerprint density at radius 2 is 2.33 bits per heavy atom. The lowest BCUT2D eigenvalue weighted by molar-refractivity contribution is 0.0903. The summed E-state index contributed by atoms with van der Waals surface area (Å²) in [4.78, 5) is 12.5. The van der Waals surface area contributed by atoms with Crippen molar-refractivity contribution in [2.45, 2.75) is 32.5 Å². The van der Waals surface area contributed by atoms with Crippen LogP contribution in [-0.2, 0) is 11.3 Å². The van der Waals surface area contributed by atoms with Crippen LogP contribution in [0.4, 0.5) is 0 Å². The van der Waals surface area contributed by atoms with Crippen molar-refractivity contribution < 1.29 is 14.3 Å². The summed E-state index contributed by atoms with van der Waals surface area (Å²) in [6, 6.07) is 5.07. The van der Waals surface area contributed by atoms with Crippen molar-refractivity contribution in [1.82, 2.24) is 15.1 Å². The summed E-state index contributed by atoms with van der Waals surface area (Å²) in [6.45, 7) is 5.45. The zero-order chi connectivity index (χ0) is 17.1. The second-order valence-electron chi connectivity index (χ2n) is 5.72. The Hall–Kier alpha value is -2.05. The number of hydrogen-bond acceptors (Lipinski definition) is 4. The third-order valence-electron chi connectivity index (χ3n) is 4.08. The third-order valence-corrected chi connectivity index (χ3v) is 4.49. The second kappa shape index (κ2) is 7.23. The minimum Gasteiger partial charge on any atom is -0.482 e. The maximum atomic E-state index is 12.5. The summed E-state index contributed by atoms with van der Waals surface area (Å²) >= 11 is 6.09. The number of halogens is 1. The van der Waals surface area contributed by atoms with E-state index in [0.29, 0.717) is 29.5 Å². The highest BCUT2D eigenvalue weighted by Gasteiger charge is 2.32. The number of nitrogens with one attached hydrogen (secondary N) is 1. The minimum atomic E-state index is -0.247. The Balaban J connectivity index is 1.67. The molecule has 3 rings (SSSR count). The molecule has 1 aliphatic heterocycles. The monoisotopic (exact) mass is 349 g/mol. The van der Waals surface area contributed by atoms with Crippen molar-refractivity contribution in [3.05, 3.63) is 46.7 Å². The molecule has 1 amide bonds. The van der Waals surface area contributed by atoms with Crippen LogP contribution in [0.3, 0.4) is 0 Å². The number of carbonyl (C=O) groups excluding carboxylic acids is 1. The van der Waals surface area contributed by atoms with Crippen molar-refractivity contribution in [1.29, 1.82) is 0 Å². The van der Waals surface area contributed by atoms with E-state index in [1.807, 2.05) is 20.0 Å². The van der Waals surface area contributed by atoms with Crippen LogP contribution in [0.15, 0.2) is 30.6 Å². The van der Waals surface area contributed by atoms with E-state index in [1.165, 1.54) is 0 Å². The Morgan fingerprint density at radius 1 is 1.50 bits per heavy atom. The summed E-state index contributed by atoms with van der Waals surface area (Å²) in [5.41, 5.74) is 1.32. The largest absolute Gasteiger partial charge is 0.482 e. The number of carbonyl (C=O) groups is 1. The summed E-state index contributed by atoms with van der Waals surface area (Å²) < 4.78 is 13.2. The minimum absolute atomic E-state index is 0.177. The first kappa shape index (κ1) is 16.8. The molecule has 1 aromatic carbocycles. The van der Waals surface area contributed by atoms with Crippen LogP contribution in [0.1, 0.15) is 22.8 Å². The SMILES string of the molecule is CCn1cc(O[C@@H]2COC[C@@H]2NC(=O)c2cccc(Cl)c2C)cn1. The van der Waals surface area contributed by atoms with Gasteiger partial charge in [0.05, 0.1) is 31.6 Å². The number of amides is 1. The number of aryl methyl sites for hydroxylation is 1. The molecule has 0 saturated carbocycles. The highest BCUT2D eigenvalue weighted by molar-refractivity contribution is 6.31. The van der Waals surface area contributed by atoms with Gasteiger partial charge < -0.3 is 14.8 Å². The smallest absolute Gasteiger partial charge is 0.252 e. The Labute approximate surface area is 145 Å². The van der Waals surface area contributed by atoms with Gasteiger partial charge in [-0.25, -0.2) is 0 Å². The van der Waals surface area contributed by atoms with E-state index in [1.54, 1.807) is 29.1 Å². The third kappa shape index (κ3) is 3.55. The fourth-order valence-corrected chi connectivity index (χ4v) is 2.81. The first-order valence-corrected chi connectivity index (χ1v) is 8.29. The molecule has 0 aliphatic carbocycles. The first-order valence-electron chi connectivity index (χ1n) is 7.91. The molecule has 2 heterocycles. The lowest BCUT2D eigenvalue weighted by Gasteiger charge is -2.20. The molecule has 1 aliphatic rings. The van der Waals surface area contributed by atoms with Crippen molar-refractivity contribution in [3.8, 4) is 5.75 Å². The zero-order valence-corrected chi connectivity index (χ0v) is 14.4. The molecule has 1 aromatic heterocycles. The number of ether oxygens (including phenoxy) is 2. The number of rotatable bonds is 5. The fraction of sp³-hybridized carbons (Fsp3) is 0.412. The molecular formula is C17H20ClN3O3. The van der Waals surface area contributed by atoms with Crippen molar-refractivity contribution in [2.24, 2.45) is 0 Å². The van der Waals surface area contributed by atoms with Gasteiger partial charge in [0.25, 0.3) is 5.91 Å². The van der Waals surface area contributed by atoms with Crippen LogP contribution in [-0.4, -0.2) is 41.0 Å². The van der Waals surface area contributed by atoms with Gasteiger partial charge in [0.15, 0.2) is 5.75 Å². The Kier molecular flexibility index (Phi) is 5.06. The fourth-order valence-electron chi connectivity index (χ4n) is 2.64. The zero-order valence-electron chi connectivity index (χ0n) is 13.7. The van der Waals surface area contributed by atoms with Crippen LogP contribution in [0.25, 0.3) is 0 Å². The van der Waals surface area contributed by atoms with Crippen molar-refractivity contribution in [3.63, 3.8) is 0 Å². The van der Waals surface area contributed by atoms with Gasteiger partial charge in [0, 0.05) is 17.1 Å². The molecule has 1 saturated heterocycles. The molecule has 6 nitrogen and oxygen atoms in total. The molecule has 1 fully saturated rings. The molecule has 24 heavy (non-hydrogen) atoms. The molecule has 0 unspecified atom stereocenters. The Morgan fingerprint density at radius 3 is 3.08 bits per heavy atom. The van der Waals surface area contributed by atoms with E-state index in [0.717, 1.165) is 12.1 Å². The van der Waals surface area contributed by atoms with Crippen molar-refractivity contribution >= 4 is 17.5 Å². The van der Waals surface area contributed by atoms with Crippen LogP contribution < -0.4 is 10.1 Å². The van der Waals surface area contributed by atoms with Gasteiger partial charge in [-0.2, -0.15) is 5.10 Å². The standard InChI is InChI=1S/C17H20ClN3O3/c1-3-21-8-12(7-19-21)24-16-10-23-9-15(16)20-17(22)13-5-4-6-14(18)11(13)2/h4-8,15-16H,3,9-10H2,1-2H3,(H,20,22)/t15-,16+/m0/s1. The van der Waals surface area contributed by atoms with Gasteiger partial charge in [0.1, 0.15) is 6.10 Å². The number of hydrogen-bond donors (Lipinski definition) is 1. The number of nitrogens with zero attached hydrogens (tertiary/aromatic N) is 2. The van der Waals surface area contributed by atoms with E-state index in [9.17, 15) is 4.79 Å². The van der Waals surface area contributed by atoms with E-state index >= 15 is 0 Å². The lowest BCUT2D eigenvalue weighted by atomic mass is 10.1. The summed E-state index contributed by atoms with van der Waals surface area (Å²) in [5, 5.41) is 7.73. The van der Waals surface area contributed by atoms with E-state index in [4.69, 9.17) is 21.1 Å². The van der Waals surface area contributed by atoms with Crippen LogP contribution in [0.5, 0.6) is 5.75 Å². The second-order valence-corrected chi connectivity index (χ2v) is 6.13.